The van der Waals surface area contributed by atoms with Crippen molar-refractivity contribution in [3.05, 3.63) is 0 Å². The molecular weight excluding hydrogens is 216 g/mol. The molecule has 0 aliphatic carbocycles. The van der Waals surface area contributed by atoms with Crippen LogP contribution in [0.2, 0.25) is 0 Å². The van der Waals surface area contributed by atoms with Crippen molar-refractivity contribution in [1.82, 2.24) is 9.80 Å². The lowest BCUT2D eigenvalue weighted by Crippen LogP contribution is -2.54. The fraction of sp³-hybridized carbons (Fsp3) is 0.923. The first kappa shape index (κ1) is 12.8. The van der Waals surface area contributed by atoms with Crippen molar-refractivity contribution >= 4 is 5.97 Å². The Hall–Kier alpha value is -0.610. The fourth-order valence-electron chi connectivity index (χ4n) is 3.22. The van der Waals surface area contributed by atoms with Crippen molar-refractivity contribution in [2.75, 3.05) is 20.1 Å². The van der Waals surface area contributed by atoms with E-state index < -0.39 is 5.97 Å². The van der Waals surface area contributed by atoms with Gasteiger partial charge in [-0.25, -0.2) is 0 Å². The Bertz CT molecular complexity index is 283. The third kappa shape index (κ3) is 2.80. The lowest BCUT2D eigenvalue weighted by molar-refractivity contribution is -0.146. The molecule has 0 aromatic heterocycles. The van der Waals surface area contributed by atoms with Crippen LogP contribution in [0.3, 0.4) is 0 Å². The number of hydrogen-bond acceptors (Lipinski definition) is 3. The number of nitrogens with zero attached hydrogens (tertiary/aromatic N) is 2. The molecule has 17 heavy (non-hydrogen) atoms. The van der Waals surface area contributed by atoms with Gasteiger partial charge in [0.1, 0.15) is 6.04 Å². The van der Waals surface area contributed by atoms with Crippen LogP contribution < -0.4 is 0 Å². The molecule has 2 rings (SSSR count). The van der Waals surface area contributed by atoms with Crippen molar-refractivity contribution in [2.45, 2.75) is 57.2 Å². The summed E-state index contributed by atoms with van der Waals surface area (Å²) in [6.07, 6.45) is 5.28. The van der Waals surface area contributed by atoms with Crippen molar-refractivity contribution in [3.63, 3.8) is 0 Å². The minimum Gasteiger partial charge on any atom is -0.480 e. The molecule has 4 nitrogen and oxygen atoms in total. The molecule has 0 aromatic rings. The van der Waals surface area contributed by atoms with E-state index in [1.54, 1.807) is 0 Å². The molecule has 0 bridgehead atoms. The second-order valence-electron chi connectivity index (χ2n) is 5.60. The van der Waals surface area contributed by atoms with E-state index >= 15 is 0 Å². The molecule has 2 fully saturated rings. The Labute approximate surface area is 104 Å². The molecule has 98 valence electrons. The summed E-state index contributed by atoms with van der Waals surface area (Å²) >= 11 is 0. The third-order valence-corrected chi connectivity index (χ3v) is 4.48. The normalized spacial score (nSPS) is 36.9. The van der Waals surface area contributed by atoms with Crippen molar-refractivity contribution in [2.24, 2.45) is 0 Å². The van der Waals surface area contributed by atoms with Gasteiger partial charge in [0.2, 0.25) is 0 Å². The van der Waals surface area contributed by atoms with E-state index in [-0.39, 0.29) is 6.04 Å². The number of carboxylic acid groups (broad SMARTS) is 1. The molecule has 2 aliphatic heterocycles. The zero-order valence-electron chi connectivity index (χ0n) is 10.9. The highest BCUT2D eigenvalue weighted by atomic mass is 16.4. The van der Waals surface area contributed by atoms with Crippen molar-refractivity contribution in [1.29, 1.82) is 0 Å². The highest BCUT2D eigenvalue weighted by Gasteiger charge is 2.36. The maximum atomic E-state index is 11.3. The Morgan fingerprint density at radius 1 is 1.24 bits per heavy atom. The number of piperidine rings is 2. The molecule has 2 aliphatic rings. The zero-order valence-corrected chi connectivity index (χ0v) is 10.9. The number of hydrogen-bond donors (Lipinski definition) is 1. The monoisotopic (exact) mass is 240 g/mol. The molecule has 0 aromatic carbocycles. The Balaban J connectivity index is 2.01. The van der Waals surface area contributed by atoms with Gasteiger partial charge in [0.15, 0.2) is 0 Å². The van der Waals surface area contributed by atoms with Gasteiger partial charge in [-0.15, -0.1) is 0 Å². The predicted molar refractivity (Wildman–Crippen MR) is 67.1 cm³/mol. The first-order valence-corrected chi connectivity index (χ1v) is 6.78. The van der Waals surface area contributed by atoms with E-state index in [0.717, 1.165) is 45.2 Å². The highest BCUT2D eigenvalue weighted by Crippen LogP contribution is 2.27. The lowest BCUT2D eigenvalue weighted by atomic mass is 9.92. The number of aliphatic carboxylic acids is 1. The zero-order chi connectivity index (χ0) is 12.4. The summed E-state index contributed by atoms with van der Waals surface area (Å²) in [7, 11) is 2.16. The van der Waals surface area contributed by atoms with Gasteiger partial charge in [-0.2, -0.15) is 0 Å². The van der Waals surface area contributed by atoms with Crippen LogP contribution in [-0.2, 0) is 4.79 Å². The van der Waals surface area contributed by atoms with Gasteiger partial charge in [-0.3, -0.25) is 9.69 Å². The van der Waals surface area contributed by atoms with Gasteiger partial charge in [-0.05, 0) is 52.7 Å². The van der Waals surface area contributed by atoms with E-state index in [2.05, 4.69) is 23.8 Å². The minimum absolute atomic E-state index is 0.232. The molecule has 0 radical (unpaired) electrons. The van der Waals surface area contributed by atoms with Crippen LogP contribution in [0, 0.1) is 0 Å². The van der Waals surface area contributed by atoms with Gasteiger partial charge in [0, 0.05) is 12.1 Å². The highest BCUT2D eigenvalue weighted by molar-refractivity contribution is 5.73. The van der Waals surface area contributed by atoms with Crippen LogP contribution >= 0.6 is 0 Å². The summed E-state index contributed by atoms with van der Waals surface area (Å²) in [5.74, 6) is -0.628. The van der Waals surface area contributed by atoms with E-state index in [1.165, 1.54) is 0 Å². The second-order valence-corrected chi connectivity index (χ2v) is 5.60. The van der Waals surface area contributed by atoms with Crippen LogP contribution in [0.1, 0.15) is 39.0 Å². The maximum Gasteiger partial charge on any atom is 0.320 e. The molecule has 0 amide bonds. The van der Waals surface area contributed by atoms with Gasteiger partial charge in [0.25, 0.3) is 0 Å². The predicted octanol–water partition coefficient (Wildman–Crippen LogP) is 1.41. The largest absolute Gasteiger partial charge is 0.480 e. The van der Waals surface area contributed by atoms with Crippen LogP contribution in [0.25, 0.3) is 0 Å². The first-order valence-electron chi connectivity index (χ1n) is 6.78. The average molecular weight is 240 g/mol. The number of likely N-dealkylation sites (tertiary alicyclic amines) is 2. The summed E-state index contributed by atoms with van der Waals surface area (Å²) in [6, 6.07) is 0.817. The van der Waals surface area contributed by atoms with E-state index in [1.807, 2.05) is 0 Å². The smallest absolute Gasteiger partial charge is 0.320 e. The summed E-state index contributed by atoms with van der Waals surface area (Å²) in [6.45, 7) is 4.30. The maximum absolute atomic E-state index is 11.3. The van der Waals surface area contributed by atoms with E-state index in [0.29, 0.717) is 12.1 Å². The Morgan fingerprint density at radius 2 is 2.00 bits per heavy atom. The molecule has 0 spiro atoms. The van der Waals surface area contributed by atoms with Crippen LogP contribution in [0.15, 0.2) is 0 Å². The topological polar surface area (TPSA) is 43.8 Å². The molecule has 0 saturated carbocycles. The molecule has 3 unspecified atom stereocenters. The lowest BCUT2D eigenvalue weighted by Gasteiger charge is -2.44. The number of rotatable bonds is 2. The molecule has 1 N–H and O–H groups in total. The number of carboxylic acids is 1. The average Bonchev–Trinajstić information content (AvgIpc) is 2.32. The SMILES string of the molecule is CC1CC(N2CCCCC2C(=O)O)CCN1C. The summed E-state index contributed by atoms with van der Waals surface area (Å²) < 4.78 is 0. The molecule has 2 saturated heterocycles. The van der Waals surface area contributed by atoms with Crippen LogP contribution in [0.5, 0.6) is 0 Å². The van der Waals surface area contributed by atoms with Gasteiger partial charge in [-0.1, -0.05) is 6.42 Å². The van der Waals surface area contributed by atoms with Crippen LogP contribution in [0.4, 0.5) is 0 Å². The molecular formula is C13H24N2O2. The quantitative estimate of drug-likeness (QED) is 0.792. The van der Waals surface area contributed by atoms with Crippen molar-refractivity contribution in [3.8, 4) is 0 Å². The van der Waals surface area contributed by atoms with Crippen LogP contribution in [-0.4, -0.2) is 59.1 Å². The molecule has 4 heteroatoms. The van der Waals surface area contributed by atoms with E-state index in [9.17, 15) is 9.90 Å². The summed E-state index contributed by atoms with van der Waals surface area (Å²) in [5.41, 5.74) is 0. The summed E-state index contributed by atoms with van der Waals surface area (Å²) in [5, 5.41) is 9.31. The minimum atomic E-state index is -0.628. The van der Waals surface area contributed by atoms with E-state index in [4.69, 9.17) is 0 Å². The molecule has 2 heterocycles. The standard InChI is InChI=1S/C13H24N2O2/c1-10-9-11(6-8-14(10)2)15-7-4-3-5-12(15)13(16)17/h10-12H,3-9H2,1-2H3,(H,16,17). The fourth-order valence-corrected chi connectivity index (χ4v) is 3.22. The van der Waals surface area contributed by atoms with Gasteiger partial charge >= 0.3 is 5.97 Å². The van der Waals surface area contributed by atoms with Gasteiger partial charge < -0.3 is 10.0 Å². The molecule has 3 atom stereocenters. The first-order chi connectivity index (χ1) is 8.09. The number of carbonyl (C=O) groups is 1. The summed E-state index contributed by atoms with van der Waals surface area (Å²) in [4.78, 5) is 15.9. The third-order valence-electron chi connectivity index (χ3n) is 4.48. The van der Waals surface area contributed by atoms with Gasteiger partial charge in [0.05, 0.1) is 0 Å². The van der Waals surface area contributed by atoms with Crippen molar-refractivity contribution < 1.29 is 9.90 Å². The Kier molecular flexibility index (Phi) is 4.05. The second kappa shape index (κ2) is 5.36. The Morgan fingerprint density at radius 3 is 2.65 bits per heavy atom.